The molecule has 1 amide bonds. The quantitative estimate of drug-likeness (QED) is 0.813. The molecule has 106 valence electrons. The molecule has 3 nitrogen and oxygen atoms in total. The van der Waals surface area contributed by atoms with Gasteiger partial charge in [0.1, 0.15) is 0 Å². The lowest BCUT2D eigenvalue weighted by molar-refractivity contribution is -0.118. The van der Waals surface area contributed by atoms with E-state index in [1.54, 1.807) is 29.2 Å². The molecule has 0 saturated carbocycles. The second-order valence-electron chi connectivity index (χ2n) is 5.01. The van der Waals surface area contributed by atoms with Crippen LogP contribution >= 0.6 is 11.6 Å². The zero-order valence-electron chi connectivity index (χ0n) is 11.4. The van der Waals surface area contributed by atoms with Crippen molar-refractivity contribution in [2.24, 2.45) is 0 Å². The molecule has 0 saturated heterocycles. The molecular weight excluding hydrogens is 286 g/mol. The van der Waals surface area contributed by atoms with Crippen LogP contribution in [-0.2, 0) is 11.2 Å². The van der Waals surface area contributed by atoms with Crippen LogP contribution in [0.2, 0.25) is 5.02 Å². The maximum atomic E-state index is 12.4. The van der Waals surface area contributed by atoms with Gasteiger partial charge in [-0.1, -0.05) is 41.9 Å². The molecule has 3 rings (SSSR count). The number of benzene rings is 2. The topological polar surface area (TPSA) is 37.4 Å². The van der Waals surface area contributed by atoms with Crippen molar-refractivity contribution in [3.8, 4) is 0 Å². The molecule has 2 aromatic rings. The summed E-state index contributed by atoms with van der Waals surface area (Å²) in [5.41, 5.74) is 2.38. The number of para-hydroxylation sites is 1. The Kier molecular flexibility index (Phi) is 3.76. The third-order valence-corrected chi connectivity index (χ3v) is 4.00. The number of hydrogen-bond donors (Lipinski definition) is 0. The van der Waals surface area contributed by atoms with Crippen LogP contribution < -0.4 is 4.90 Å². The van der Waals surface area contributed by atoms with Crippen LogP contribution in [0.25, 0.3) is 0 Å². The second kappa shape index (κ2) is 5.70. The molecule has 0 aliphatic carbocycles. The van der Waals surface area contributed by atoms with Gasteiger partial charge >= 0.3 is 0 Å². The monoisotopic (exact) mass is 299 g/mol. The van der Waals surface area contributed by atoms with Crippen molar-refractivity contribution in [1.29, 1.82) is 0 Å². The fraction of sp³-hybridized carbons (Fsp3) is 0.176. The number of halogens is 1. The molecule has 0 N–H and O–H groups in total. The van der Waals surface area contributed by atoms with Gasteiger partial charge in [-0.25, -0.2) is 0 Å². The van der Waals surface area contributed by atoms with E-state index in [0.29, 0.717) is 17.0 Å². The lowest BCUT2D eigenvalue weighted by atomic mass is 10.0. The van der Waals surface area contributed by atoms with Crippen molar-refractivity contribution in [3.63, 3.8) is 0 Å². The summed E-state index contributed by atoms with van der Waals surface area (Å²) in [5, 5.41) is 0.417. The Labute approximate surface area is 128 Å². The number of carbonyl (C=O) groups is 2. The van der Waals surface area contributed by atoms with Crippen molar-refractivity contribution < 1.29 is 9.59 Å². The minimum absolute atomic E-state index is 0.0193. The highest BCUT2D eigenvalue weighted by Gasteiger charge is 2.26. The van der Waals surface area contributed by atoms with E-state index in [9.17, 15) is 9.59 Å². The number of amides is 1. The van der Waals surface area contributed by atoms with Crippen LogP contribution in [0.3, 0.4) is 0 Å². The highest BCUT2D eigenvalue weighted by atomic mass is 35.5. The molecule has 0 aromatic heterocycles. The number of Topliss-reactive ketones (excluding diaryl/α,β-unsaturated/α-hetero) is 1. The van der Waals surface area contributed by atoms with Gasteiger partial charge in [0.15, 0.2) is 5.78 Å². The van der Waals surface area contributed by atoms with Crippen molar-refractivity contribution in [2.75, 3.05) is 11.4 Å². The fourth-order valence-corrected chi connectivity index (χ4v) is 2.83. The number of carbonyl (C=O) groups excluding carboxylic acids is 2. The van der Waals surface area contributed by atoms with E-state index in [1.807, 2.05) is 24.3 Å². The van der Waals surface area contributed by atoms with Crippen molar-refractivity contribution in [3.05, 3.63) is 64.7 Å². The molecule has 0 fully saturated rings. The normalized spacial score (nSPS) is 14.0. The average molecular weight is 300 g/mol. The van der Waals surface area contributed by atoms with Gasteiger partial charge in [-0.05, 0) is 30.2 Å². The zero-order chi connectivity index (χ0) is 14.8. The third-order valence-electron chi connectivity index (χ3n) is 3.67. The SMILES string of the molecule is O=C(CN1C(=O)CCc2ccccc21)c1ccccc1Cl. The molecule has 0 bridgehead atoms. The Morgan fingerprint density at radius 2 is 1.76 bits per heavy atom. The fourth-order valence-electron chi connectivity index (χ4n) is 2.59. The summed E-state index contributed by atoms with van der Waals surface area (Å²) < 4.78 is 0. The summed E-state index contributed by atoms with van der Waals surface area (Å²) in [7, 11) is 0. The molecule has 1 aliphatic rings. The summed E-state index contributed by atoms with van der Waals surface area (Å²) >= 11 is 6.05. The zero-order valence-corrected chi connectivity index (χ0v) is 12.1. The number of fused-ring (bicyclic) bond motifs is 1. The first kappa shape index (κ1) is 13.8. The average Bonchev–Trinajstić information content (AvgIpc) is 2.50. The molecule has 0 atom stereocenters. The van der Waals surface area contributed by atoms with Crippen LogP contribution in [0, 0.1) is 0 Å². The number of anilines is 1. The molecule has 4 heteroatoms. The molecular formula is C17H14ClNO2. The summed E-state index contributed by atoms with van der Waals surface area (Å²) in [6.07, 6.45) is 1.17. The number of aryl methyl sites for hydroxylation is 1. The van der Waals surface area contributed by atoms with Gasteiger partial charge in [0, 0.05) is 17.7 Å². The standard InChI is InChI=1S/C17H14ClNO2/c18-14-7-3-2-6-13(14)16(20)11-19-15-8-4-1-5-12(15)9-10-17(19)21/h1-8H,9-11H2. The molecule has 0 radical (unpaired) electrons. The predicted molar refractivity (Wildman–Crippen MR) is 82.9 cm³/mol. The van der Waals surface area contributed by atoms with Gasteiger partial charge in [0.2, 0.25) is 5.91 Å². The van der Waals surface area contributed by atoms with Gasteiger partial charge in [0.05, 0.1) is 11.6 Å². The van der Waals surface area contributed by atoms with Crippen molar-refractivity contribution >= 4 is 29.0 Å². The van der Waals surface area contributed by atoms with Crippen LogP contribution in [0.5, 0.6) is 0 Å². The first-order valence-electron chi connectivity index (χ1n) is 6.83. The second-order valence-corrected chi connectivity index (χ2v) is 5.42. The van der Waals surface area contributed by atoms with Crippen LogP contribution in [-0.4, -0.2) is 18.2 Å². The number of hydrogen-bond acceptors (Lipinski definition) is 2. The Hall–Kier alpha value is -2.13. The highest BCUT2D eigenvalue weighted by molar-refractivity contribution is 6.34. The Morgan fingerprint density at radius 3 is 2.57 bits per heavy atom. The van der Waals surface area contributed by atoms with Crippen LogP contribution in [0.15, 0.2) is 48.5 Å². The molecule has 2 aromatic carbocycles. The minimum Gasteiger partial charge on any atom is -0.304 e. The summed E-state index contributed by atoms with van der Waals surface area (Å²) in [6.45, 7) is 0.0274. The lowest BCUT2D eigenvalue weighted by Gasteiger charge is -2.28. The Morgan fingerprint density at radius 1 is 1.05 bits per heavy atom. The number of nitrogens with zero attached hydrogens (tertiary/aromatic N) is 1. The number of rotatable bonds is 3. The maximum Gasteiger partial charge on any atom is 0.227 e. The molecule has 1 aliphatic heterocycles. The van der Waals surface area contributed by atoms with E-state index < -0.39 is 0 Å². The van der Waals surface area contributed by atoms with E-state index in [4.69, 9.17) is 11.6 Å². The first-order valence-corrected chi connectivity index (χ1v) is 7.20. The Bertz CT molecular complexity index is 711. The number of ketones is 1. The van der Waals surface area contributed by atoms with Crippen LogP contribution in [0.4, 0.5) is 5.69 Å². The van der Waals surface area contributed by atoms with Gasteiger partial charge < -0.3 is 4.90 Å². The lowest BCUT2D eigenvalue weighted by Crippen LogP contribution is -2.39. The van der Waals surface area contributed by atoms with Gasteiger partial charge in [-0.2, -0.15) is 0 Å². The summed E-state index contributed by atoms with van der Waals surface area (Å²) in [5.74, 6) is -0.167. The van der Waals surface area contributed by atoms with E-state index in [0.717, 1.165) is 17.7 Å². The third kappa shape index (κ3) is 2.69. The highest BCUT2D eigenvalue weighted by Crippen LogP contribution is 2.28. The first-order chi connectivity index (χ1) is 10.2. The Balaban J connectivity index is 1.89. The van der Waals surface area contributed by atoms with E-state index in [-0.39, 0.29) is 18.2 Å². The van der Waals surface area contributed by atoms with E-state index >= 15 is 0 Å². The summed E-state index contributed by atoms with van der Waals surface area (Å²) in [6, 6.07) is 14.6. The molecule has 1 heterocycles. The van der Waals surface area contributed by atoms with Gasteiger partial charge in [-0.15, -0.1) is 0 Å². The predicted octanol–water partition coefficient (Wildman–Crippen LogP) is 3.50. The van der Waals surface area contributed by atoms with Gasteiger partial charge in [-0.3, -0.25) is 9.59 Å². The smallest absolute Gasteiger partial charge is 0.227 e. The minimum atomic E-state index is -0.148. The van der Waals surface area contributed by atoms with Crippen molar-refractivity contribution in [2.45, 2.75) is 12.8 Å². The van der Waals surface area contributed by atoms with E-state index in [2.05, 4.69) is 0 Å². The summed E-state index contributed by atoms with van der Waals surface area (Å²) in [4.78, 5) is 26.1. The van der Waals surface area contributed by atoms with Crippen LogP contribution in [0.1, 0.15) is 22.3 Å². The van der Waals surface area contributed by atoms with E-state index in [1.165, 1.54) is 0 Å². The molecule has 21 heavy (non-hydrogen) atoms. The van der Waals surface area contributed by atoms with Crippen molar-refractivity contribution in [1.82, 2.24) is 0 Å². The molecule has 0 unspecified atom stereocenters. The molecule has 0 spiro atoms. The maximum absolute atomic E-state index is 12.4. The van der Waals surface area contributed by atoms with Gasteiger partial charge in [0.25, 0.3) is 0 Å². The largest absolute Gasteiger partial charge is 0.304 e.